The summed E-state index contributed by atoms with van der Waals surface area (Å²) >= 11 is 0. The van der Waals surface area contributed by atoms with Gasteiger partial charge in [0.2, 0.25) is 5.91 Å². The van der Waals surface area contributed by atoms with Gasteiger partial charge in [-0.2, -0.15) is 5.10 Å². The molecule has 0 unspecified atom stereocenters. The van der Waals surface area contributed by atoms with E-state index in [-0.39, 0.29) is 17.6 Å². The minimum Gasteiger partial charge on any atom is -0.294 e. The molecule has 0 radical (unpaired) electrons. The number of carbonyl (C=O) groups excluding carboxylic acids is 2. The lowest BCUT2D eigenvalue weighted by molar-refractivity contribution is -0.120. The number of Topliss-reactive ketones (excluding diaryl/α,β-unsaturated/α-hetero) is 1. The zero-order valence-corrected chi connectivity index (χ0v) is 15.2. The van der Waals surface area contributed by atoms with Crippen molar-refractivity contribution in [3.8, 4) is 0 Å². The van der Waals surface area contributed by atoms with Crippen LogP contribution in [0.15, 0.2) is 53.6 Å². The number of hydrazone groups is 1. The van der Waals surface area contributed by atoms with Gasteiger partial charge in [0.25, 0.3) is 0 Å². The van der Waals surface area contributed by atoms with Crippen molar-refractivity contribution < 1.29 is 9.59 Å². The van der Waals surface area contributed by atoms with E-state index in [1.54, 1.807) is 18.3 Å². The molecular weight excluding hydrogens is 312 g/mol. The third kappa shape index (κ3) is 5.68. The van der Waals surface area contributed by atoms with Gasteiger partial charge in [-0.1, -0.05) is 74.9 Å². The monoisotopic (exact) mass is 336 g/mol. The minimum absolute atomic E-state index is 0.0314. The van der Waals surface area contributed by atoms with Crippen LogP contribution in [0, 0.1) is 6.92 Å². The Kier molecular flexibility index (Phi) is 5.86. The fourth-order valence-corrected chi connectivity index (χ4v) is 2.27. The van der Waals surface area contributed by atoms with Crippen LogP contribution in [0.2, 0.25) is 0 Å². The molecule has 0 spiro atoms. The van der Waals surface area contributed by atoms with Crippen LogP contribution in [-0.2, 0) is 10.2 Å². The van der Waals surface area contributed by atoms with Crippen LogP contribution in [0.4, 0.5) is 0 Å². The number of rotatable bonds is 5. The van der Waals surface area contributed by atoms with E-state index < -0.39 is 5.91 Å². The summed E-state index contributed by atoms with van der Waals surface area (Å²) in [5, 5.41) is 3.89. The predicted molar refractivity (Wildman–Crippen MR) is 101 cm³/mol. The van der Waals surface area contributed by atoms with E-state index in [0.29, 0.717) is 5.56 Å². The van der Waals surface area contributed by atoms with Crippen LogP contribution >= 0.6 is 0 Å². The first-order valence-corrected chi connectivity index (χ1v) is 8.28. The third-order valence-electron chi connectivity index (χ3n) is 3.87. The zero-order valence-electron chi connectivity index (χ0n) is 15.2. The second kappa shape index (κ2) is 7.88. The van der Waals surface area contributed by atoms with Crippen LogP contribution in [0.5, 0.6) is 0 Å². The molecule has 2 aromatic carbocycles. The maximum absolute atomic E-state index is 12.2. The van der Waals surface area contributed by atoms with E-state index in [1.807, 2.05) is 43.3 Å². The number of carbonyl (C=O) groups is 2. The van der Waals surface area contributed by atoms with Crippen molar-refractivity contribution in [2.75, 3.05) is 0 Å². The van der Waals surface area contributed by atoms with Gasteiger partial charge >= 0.3 is 0 Å². The smallest absolute Gasteiger partial charge is 0.247 e. The topological polar surface area (TPSA) is 58.5 Å². The van der Waals surface area contributed by atoms with Gasteiger partial charge in [-0.3, -0.25) is 9.59 Å². The molecule has 0 saturated heterocycles. The minimum atomic E-state index is -0.423. The van der Waals surface area contributed by atoms with E-state index in [2.05, 4.69) is 31.3 Å². The standard InChI is InChI=1S/C21H24N2O2/c1-15-5-7-16(8-6-15)14-22-23-20(25)13-19(24)17-9-11-18(12-10-17)21(2,3)4/h5-12,14H,13H2,1-4H3,(H,23,25)/b22-14+. The average molecular weight is 336 g/mol. The number of amides is 1. The number of nitrogens with zero attached hydrogens (tertiary/aromatic N) is 1. The summed E-state index contributed by atoms with van der Waals surface area (Å²) in [6.07, 6.45) is 1.33. The largest absolute Gasteiger partial charge is 0.294 e. The summed E-state index contributed by atoms with van der Waals surface area (Å²) in [6.45, 7) is 8.35. The Morgan fingerprint density at radius 2 is 1.60 bits per heavy atom. The molecule has 2 rings (SSSR count). The Bertz CT molecular complexity index is 767. The fourth-order valence-electron chi connectivity index (χ4n) is 2.27. The van der Waals surface area contributed by atoms with E-state index in [1.165, 1.54) is 0 Å². The van der Waals surface area contributed by atoms with Crippen molar-refractivity contribution in [3.05, 3.63) is 70.8 Å². The molecule has 0 aliphatic carbocycles. The predicted octanol–water partition coefficient (Wildman–Crippen LogP) is 4.02. The van der Waals surface area contributed by atoms with Crippen LogP contribution in [-0.4, -0.2) is 17.9 Å². The first-order chi connectivity index (χ1) is 11.8. The number of benzene rings is 2. The Hall–Kier alpha value is -2.75. The van der Waals surface area contributed by atoms with Gasteiger partial charge < -0.3 is 0 Å². The lowest BCUT2D eigenvalue weighted by Gasteiger charge is -2.18. The third-order valence-corrected chi connectivity index (χ3v) is 3.87. The van der Waals surface area contributed by atoms with E-state index in [4.69, 9.17) is 0 Å². The first kappa shape index (κ1) is 18.6. The molecule has 4 heteroatoms. The van der Waals surface area contributed by atoms with Crippen LogP contribution in [0.25, 0.3) is 0 Å². The summed E-state index contributed by atoms with van der Waals surface area (Å²) in [6, 6.07) is 15.2. The maximum Gasteiger partial charge on any atom is 0.247 e. The molecule has 0 fully saturated rings. The molecular formula is C21H24N2O2. The van der Waals surface area contributed by atoms with Gasteiger partial charge in [0.1, 0.15) is 0 Å². The molecule has 0 aromatic heterocycles. The summed E-state index contributed by atoms with van der Waals surface area (Å²) in [5.74, 6) is -0.642. The molecule has 1 amide bonds. The van der Waals surface area contributed by atoms with Crippen molar-refractivity contribution >= 4 is 17.9 Å². The van der Waals surface area contributed by atoms with Crippen molar-refractivity contribution in [3.63, 3.8) is 0 Å². The summed E-state index contributed by atoms with van der Waals surface area (Å²) < 4.78 is 0. The van der Waals surface area contributed by atoms with Crippen LogP contribution in [0.1, 0.15) is 54.2 Å². The fraction of sp³-hybridized carbons (Fsp3) is 0.286. The lowest BCUT2D eigenvalue weighted by Crippen LogP contribution is -2.21. The lowest BCUT2D eigenvalue weighted by atomic mass is 9.86. The van der Waals surface area contributed by atoms with Crippen LogP contribution in [0.3, 0.4) is 0 Å². The highest BCUT2D eigenvalue weighted by atomic mass is 16.2. The molecule has 0 aliphatic rings. The Labute approximate surface area is 149 Å². The van der Waals surface area contributed by atoms with Gasteiger partial charge in [-0.05, 0) is 23.5 Å². The van der Waals surface area contributed by atoms with E-state index >= 15 is 0 Å². The molecule has 2 aromatic rings. The van der Waals surface area contributed by atoms with Crippen molar-refractivity contribution in [1.29, 1.82) is 0 Å². The quantitative estimate of drug-likeness (QED) is 0.388. The van der Waals surface area contributed by atoms with E-state index in [0.717, 1.165) is 16.7 Å². The highest BCUT2D eigenvalue weighted by Crippen LogP contribution is 2.22. The summed E-state index contributed by atoms with van der Waals surface area (Å²) in [7, 11) is 0. The van der Waals surface area contributed by atoms with Gasteiger partial charge in [0.05, 0.1) is 12.6 Å². The molecule has 25 heavy (non-hydrogen) atoms. The molecule has 0 bridgehead atoms. The Balaban J connectivity index is 1.89. The normalized spacial score (nSPS) is 11.5. The van der Waals surface area contributed by atoms with Crippen LogP contribution < -0.4 is 5.43 Å². The Morgan fingerprint density at radius 1 is 1.00 bits per heavy atom. The molecule has 0 atom stereocenters. The van der Waals surface area contributed by atoms with Crippen molar-refractivity contribution in [2.24, 2.45) is 5.10 Å². The van der Waals surface area contributed by atoms with Gasteiger partial charge in [-0.25, -0.2) is 5.43 Å². The summed E-state index contributed by atoms with van der Waals surface area (Å²) in [5.41, 5.74) is 6.15. The second-order valence-corrected chi connectivity index (χ2v) is 7.13. The number of ketones is 1. The number of hydrogen-bond acceptors (Lipinski definition) is 3. The molecule has 0 heterocycles. The Morgan fingerprint density at radius 3 is 2.16 bits per heavy atom. The molecule has 0 aliphatic heterocycles. The van der Waals surface area contributed by atoms with Gasteiger partial charge in [0.15, 0.2) is 5.78 Å². The van der Waals surface area contributed by atoms with Crippen molar-refractivity contribution in [1.82, 2.24) is 5.43 Å². The SMILES string of the molecule is Cc1ccc(/C=N/NC(=O)CC(=O)c2ccc(C(C)(C)C)cc2)cc1. The maximum atomic E-state index is 12.2. The number of aryl methyl sites for hydroxylation is 1. The van der Waals surface area contributed by atoms with Gasteiger partial charge in [-0.15, -0.1) is 0 Å². The first-order valence-electron chi connectivity index (χ1n) is 8.28. The number of nitrogens with one attached hydrogen (secondary N) is 1. The highest BCUT2D eigenvalue weighted by Gasteiger charge is 2.15. The van der Waals surface area contributed by atoms with E-state index in [9.17, 15) is 9.59 Å². The van der Waals surface area contributed by atoms with Crippen molar-refractivity contribution in [2.45, 2.75) is 39.5 Å². The summed E-state index contributed by atoms with van der Waals surface area (Å²) in [4.78, 5) is 24.0. The second-order valence-electron chi connectivity index (χ2n) is 7.13. The number of hydrogen-bond donors (Lipinski definition) is 1. The highest BCUT2D eigenvalue weighted by molar-refractivity contribution is 6.07. The molecule has 4 nitrogen and oxygen atoms in total. The molecule has 1 N–H and O–H groups in total. The molecule has 130 valence electrons. The zero-order chi connectivity index (χ0) is 18.4. The average Bonchev–Trinajstić information content (AvgIpc) is 2.56. The molecule has 0 saturated carbocycles. The van der Waals surface area contributed by atoms with Gasteiger partial charge in [0, 0.05) is 5.56 Å².